The Hall–Kier alpha value is -1.06. The molecule has 3 N–H and O–H groups in total. The first kappa shape index (κ1) is 16.0. The molecule has 0 amide bonds. The van der Waals surface area contributed by atoms with Crippen molar-refractivity contribution in [2.75, 3.05) is 14.2 Å². The van der Waals surface area contributed by atoms with Crippen molar-refractivity contribution in [3.63, 3.8) is 0 Å². The Labute approximate surface area is 117 Å². The molecule has 1 atom stereocenters. The van der Waals surface area contributed by atoms with Gasteiger partial charge in [0.05, 0.1) is 7.11 Å². The first-order valence-electron chi connectivity index (χ1n) is 7.04. The Morgan fingerprint density at radius 2 is 2.05 bits per heavy atom. The van der Waals surface area contributed by atoms with Crippen molar-refractivity contribution in [3.8, 4) is 5.75 Å². The minimum Gasteiger partial charge on any atom is -0.496 e. The van der Waals surface area contributed by atoms with E-state index in [0.29, 0.717) is 0 Å². The van der Waals surface area contributed by atoms with Gasteiger partial charge in [-0.3, -0.25) is 0 Å². The van der Waals surface area contributed by atoms with Crippen molar-refractivity contribution in [1.82, 2.24) is 5.32 Å². The molecule has 1 rings (SSSR count). The number of nitrogens with two attached hydrogens (primary N) is 1. The Morgan fingerprint density at radius 3 is 2.53 bits per heavy atom. The number of benzene rings is 1. The van der Waals surface area contributed by atoms with Crippen LogP contribution in [0.5, 0.6) is 5.75 Å². The van der Waals surface area contributed by atoms with Crippen LogP contribution in [0.3, 0.4) is 0 Å². The van der Waals surface area contributed by atoms with Crippen LogP contribution in [-0.4, -0.2) is 19.7 Å². The van der Waals surface area contributed by atoms with Crippen molar-refractivity contribution in [3.05, 3.63) is 29.3 Å². The molecule has 3 heteroatoms. The van der Waals surface area contributed by atoms with Crippen molar-refractivity contribution in [2.45, 2.75) is 51.6 Å². The van der Waals surface area contributed by atoms with Gasteiger partial charge in [0.15, 0.2) is 0 Å². The van der Waals surface area contributed by atoms with E-state index < -0.39 is 0 Å². The van der Waals surface area contributed by atoms with E-state index in [1.165, 1.54) is 11.1 Å². The number of rotatable bonds is 7. The lowest BCUT2D eigenvalue weighted by molar-refractivity contribution is 0.381. The van der Waals surface area contributed by atoms with E-state index in [2.05, 4.69) is 44.3 Å². The van der Waals surface area contributed by atoms with Crippen molar-refractivity contribution in [1.29, 1.82) is 0 Å². The highest BCUT2D eigenvalue weighted by Crippen LogP contribution is 2.30. The second kappa shape index (κ2) is 6.92. The molecule has 0 heterocycles. The van der Waals surface area contributed by atoms with Gasteiger partial charge in [0, 0.05) is 17.1 Å². The predicted octanol–water partition coefficient (Wildman–Crippen LogP) is 3.04. The van der Waals surface area contributed by atoms with E-state index >= 15 is 0 Å². The van der Waals surface area contributed by atoms with Gasteiger partial charge in [-0.15, -0.1) is 0 Å². The first-order chi connectivity index (χ1) is 8.91. The van der Waals surface area contributed by atoms with Crippen molar-refractivity contribution < 1.29 is 4.74 Å². The summed E-state index contributed by atoms with van der Waals surface area (Å²) >= 11 is 0. The molecule has 0 aliphatic carbocycles. The number of aryl methyl sites for hydroxylation is 1. The molecule has 19 heavy (non-hydrogen) atoms. The van der Waals surface area contributed by atoms with Gasteiger partial charge in [0.2, 0.25) is 0 Å². The molecule has 3 nitrogen and oxygen atoms in total. The SMILES string of the molecule is CCc1ccc(OC)c(C(CCC(C)(C)N)NC)c1. The van der Waals surface area contributed by atoms with Gasteiger partial charge < -0.3 is 15.8 Å². The average Bonchev–Trinajstić information content (AvgIpc) is 2.38. The van der Waals surface area contributed by atoms with Crippen LogP contribution in [0.4, 0.5) is 0 Å². The summed E-state index contributed by atoms with van der Waals surface area (Å²) in [5.41, 5.74) is 8.52. The number of ether oxygens (including phenoxy) is 1. The van der Waals surface area contributed by atoms with Crippen LogP contribution in [0, 0.1) is 0 Å². The molecule has 1 aromatic carbocycles. The van der Waals surface area contributed by atoms with Gasteiger partial charge in [-0.2, -0.15) is 0 Å². The molecule has 0 radical (unpaired) electrons. The van der Waals surface area contributed by atoms with Gasteiger partial charge >= 0.3 is 0 Å². The highest BCUT2D eigenvalue weighted by molar-refractivity contribution is 5.39. The molecule has 0 aliphatic heterocycles. The van der Waals surface area contributed by atoms with E-state index in [-0.39, 0.29) is 11.6 Å². The molecule has 0 saturated heterocycles. The van der Waals surface area contributed by atoms with Gasteiger partial charge in [-0.25, -0.2) is 0 Å². The standard InChI is InChI=1S/C16H28N2O/c1-6-12-7-8-15(19-5)13(11-12)14(18-4)9-10-16(2,3)17/h7-8,11,14,18H,6,9-10,17H2,1-5H3. The normalized spacial score (nSPS) is 13.4. The minimum atomic E-state index is -0.134. The highest BCUT2D eigenvalue weighted by Gasteiger charge is 2.19. The zero-order valence-corrected chi connectivity index (χ0v) is 12.9. The van der Waals surface area contributed by atoms with E-state index in [9.17, 15) is 0 Å². The molecule has 0 fully saturated rings. The third-order valence-corrected chi connectivity index (χ3v) is 3.50. The summed E-state index contributed by atoms with van der Waals surface area (Å²) < 4.78 is 5.49. The Kier molecular flexibility index (Phi) is 5.83. The summed E-state index contributed by atoms with van der Waals surface area (Å²) in [6, 6.07) is 6.71. The monoisotopic (exact) mass is 264 g/mol. The molecular weight excluding hydrogens is 236 g/mol. The van der Waals surface area contributed by atoms with Gasteiger partial charge in [-0.1, -0.05) is 19.1 Å². The Balaban J connectivity index is 2.95. The van der Waals surface area contributed by atoms with Crippen molar-refractivity contribution in [2.24, 2.45) is 5.73 Å². The second-order valence-electron chi connectivity index (χ2n) is 5.80. The summed E-state index contributed by atoms with van der Waals surface area (Å²) in [5.74, 6) is 0.950. The second-order valence-corrected chi connectivity index (χ2v) is 5.80. The quantitative estimate of drug-likeness (QED) is 0.796. The van der Waals surface area contributed by atoms with Crippen LogP contribution in [0.15, 0.2) is 18.2 Å². The molecule has 0 spiro atoms. The Morgan fingerprint density at radius 1 is 1.37 bits per heavy atom. The van der Waals surface area contributed by atoms with E-state index in [1.54, 1.807) is 7.11 Å². The summed E-state index contributed by atoms with van der Waals surface area (Å²) in [5, 5.41) is 3.38. The minimum absolute atomic E-state index is 0.134. The Bertz CT molecular complexity index is 396. The number of hydrogen-bond acceptors (Lipinski definition) is 3. The third-order valence-electron chi connectivity index (χ3n) is 3.50. The molecule has 0 saturated carbocycles. The molecule has 0 aromatic heterocycles. The fraction of sp³-hybridized carbons (Fsp3) is 0.625. The molecule has 1 aromatic rings. The van der Waals surface area contributed by atoms with Gasteiger partial charge in [0.25, 0.3) is 0 Å². The zero-order chi connectivity index (χ0) is 14.5. The predicted molar refractivity (Wildman–Crippen MR) is 81.7 cm³/mol. The lowest BCUT2D eigenvalue weighted by Crippen LogP contribution is -2.33. The third kappa shape index (κ3) is 4.84. The number of nitrogens with one attached hydrogen (secondary N) is 1. The maximum atomic E-state index is 6.08. The lowest BCUT2D eigenvalue weighted by Gasteiger charge is -2.25. The molecule has 1 unspecified atom stereocenters. The maximum Gasteiger partial charge on any atom is 0.123 e. The van der Waals surface area contributed by atoms with E-state index in [1.807, 2.05) is 7.05 Å². The maximum absolute atomic E-state index is 6.08. The lowest BCUT2D eigenvalue weighted by atomic mass is 9.92. The molecule has 108 valence electrons. The van der Waals surface area contributed by atoms with Gasteiger partial charge in [0.1, 0.15) is 5.75 Å². The van der Waals surface area contributed by atoms with Crippen LogP contribution in [0.2, 0.25) is 0 Å². The van der Waals surface area contributed by atoms with Crippen LogP contribution >= 0.6 is 0 Å². The number of methoxy groups -OCH3 is 1. The van der Waals surface area contributed by atoms with Crippen molar-refractivity contribution >= 4 is 0 Å². The fourth-order valence-electron chi connectivity index (χ4n) is 2.25. The first-order valence-corrected chi connectivity index (χ1v) is 7.04. The molecule has 0 aliphatic rings. The summed E-state index contributed by atoms with van der Waals surface area (Å²) in [7, 11) is 3.72. The highest BCUT2D eigenvalue weighted by atomic mass is 16.5. The fourth-order valence-corrected chi connectivity index (χ4v) is 2.25. The van der Waals surface area contributed by atoms with Gasteiger partial charge in [-0.05, 0) is 51.8 Å². The van der Waals surface area contributed by atoms with E-state index in [0.717, 1.165) is 25.0 Å². The summed E-state index contributed by atoms with van der Waals surface area (Å²) in [4.78, 5) is 0. The van der Waals surface area contributed by atoms with Crippen LogP contribution < -0.4 is 15.8 Å². The topological polar surface area (TPSA) is 47.3 Å². The van der Waals surface area contributed by atoms with Crippen LogP contribution in [0.25, 0.3) is 0 Å². The van der Waals surface area contributed by atoms with Crippen LogP contribution in [-0.2, 0) is 6.42 Å². The molecular formula is C16H28N2O. The van der Waals surface area contributed by atoms with E-state index in [4.69, 9.17) is 10.5 Å². The van der Waals surface area contributed by atoms with Crippen LogP contribution in [0.1, 0.15) is 50.8 Å². The largest absolute Gasteiger partial charge is 0.496 e. The molecule has 0 bridgehead atoms. The number of hydrogen-bond donors (Lipinski definition) is 2. The average molecular weight is 264 g/mol. The summed E-state index contributed by atoms with van der Waals surface area (Å²) in [6.45, 7) is 6.31. The zero-order valence-electron chi connectivity index (χ0n) is 12.9. The summed E-state index contributed by atoms with van der Waals surface area (Å²) in [6.07, 6.45) is 3.01. The smallest absolute Gasteiger partial charge is 0.123 e.